The van der Waals surface area contributed by atoms with Gasteiger partial charge in [0.1, 0.15) is 0 Å². The Bertz CT molecular complexity index is 84.9. The van der Waals surface area contributed by atoms with Crippen LogP contribution in [0.3, 0.4) is 0 Å². The molecule has 0 heterocycles. The van der Waals surface area contributed by atoms with Crippen LogP contribution in [0.25, 0.3) is 0 Å². The first-order valence-electron chi connectivity index (χ1n) is 1.80. The summed E-state index contributed by atoms with van der Waals surface area (Å²) in [5.41, 5.74) is 0.101. The first-order chi connectivity index (χ1) is 3.12. The molecule has 0 aromatic heterocycles. The lowest BCUT2D eigenvalue weighted by Gasteiger charge is -2.02. The highest BCUT2D eigenvalue weighted by Gasteiger charge is 2.08. The minimum atomic E-state index is -2.39. The molecule has 0 rings (SSSR count). The molecule has 0 radical (unpaired) electrons. The highest BCUT2D eigenvalue weighted by molar-refractivity contribution is 7.59. The Balaban J connectivity index is 3.61. The van der Waals surface area contributed by atoms with Gasteiger partial charge in [-0.25, -0.2) is 0 Å². The average Bonchev–Trinajstić information content (AvgIpc) is 1.68. The van der Waals surface area contributed by atoms with E-state index in [4.69, 9.17) is 11.6 Å². The van der Waals surface area contributed by atoms with E-state index in [1.54, 1.807) is 0 Å². The molecular formula is C3H8ClO2P. The lowest BCUT2D eigenvalue weighted by Crippen LogP contribution is -1.80. The van der Waals surface area contributed by atoms with E-state index in [-0.39, 0.29) is 5.62 Å². The Hall–Kier alpha value is 0.480. The number of halogens is 1. The van der Waals surface area contributed by atoms with E-state index in [2.05, 4.69) is 4.52 Å². The quantitative estimate of drug-likeness (QED) is 0.434. The van der Waals surface area contributed by atoms with Crippen molar-refractivity contribution in [2.45, 2.75) is 0 Å². The molecule has 0 amide bonds. The molecule has 1 unspecified atom stereocenters. The van der Waals surface area contributed by atoms with Gasteiger partial charge in [0, 0.05) is 13.8 Å². The summed E-state index contributed by atoms with van der Waals surface area (Å²) < 4.78 is 15.1. The fraction of sp³-hybridized carbons (Fsp3) is 1.00. The molecule has 0 aromatic rings. The van der Waals surface area contributed by atoms with Crippen LogP contribution in [0.5, 0.6) is 0 Å². The molecule has 0 aromatic carbocycles. The van der Waals surface area contributed by atoms with Gasteiger partial charge in [-0.05, 0) is 0 Å². The second-order valence-corrected chi connectivity index (χ2v) is 4.67. The fourth-order valence-corrected chi connectivity index (χ4v) is 0.439. The Morgan fingerprint density at radius 1 is 1.86 bits per heavy atom. The van der Waals surface area contributed by atoms with E-state index in [9.17, 15) is 4.57 Å². The van der Waals surface area contributed by atoms with Crippen molar-refractivity contribution in [1.82, 2.24) is 0 Å². The monoisotopic (exact) mass is 142 g/mol. The largest absolute Gasteiger partial charge is 0.331 e. The maximum atomic E-state index is 10.6. The van der Waals surface area contributed by atoms with Crippen LogP contribution in [0.4, 0.5) is 0 Å². The molecule has 2 nitrogen and oxygen atoms in total. The molecule has 0 aliphatic heterocycles. The molecule has 0 spiro atoms. The van der Waals surface area contributed by atoms with E-state index >= 15 is 0 Å². The summed E-state index contributed by atoms with van der Waals surface area (Å²) in [5, 5.41) is 0. The summed E-state index contributed by atoms with van der Waals surface area (Å²) in [6, 6.07) is 0. The van der Waals surface area contributed by atoms with Crippen molar-refractivity contribution >= 4 is 19.0 Å². The number of hydrogen-bond acceptors (Lipinski definition) is 2. The topological polar surface area (TPSA) is 26.3 Å². The SMILES string of the molecule is COP(C)(=O)CCl. The molecule has 0 saturated heterocycles. The molecule has 0 bridgehead atoms. The molecule has 0 fully saturated rings. The van der Waals surface area contributed by atoms with E-state index in [1.165, 1.54) is 13.8 Å². The lowest BCUT2D eigenvalue weighted by atomic mass is 11.8. The van der Waals surface area contributed by atoms with Crippen LogP contribution in [0.2, 0.25) is 0 Å². The molecule has 7 heavy (non-hydrogen) atoms. The van der Waals surface area contributed by atoms with Crippen molar-refractivity contribution in [3.63, 3.8) is 0 Å². The Labute approximate surface area is 48.3 Å². The fourth-order valence-electron chi connectivity index (χ4n) is 0.0488. The summed E-state index contributed by atoms with van der Waals surface area (Å²) in [6.07, 6.45) is 0. The average molecular weight is 143 g/mol. The van der Waals surface area contributed by atoms with E-state index < -0.39 is 7.37 Å². The van der Waals surface area contributed by atoms with Gasteiger partial charge in [-0.2, -0.15) is 0 Å². The highest BCUT2D eigenvalue weighted by atomic mass is 35.5. The zero-order chi connectivity index (χ0) is 5.91. The molecule has 4 heteroatoms. The second kappa shape index (κ2) is 2.71. The Morgan fingerprint density at radius 2 is 2.29 bits per heavy atom. The van der Waals surface area contributed by atoms with Gasteiger partial charge in [-0.3, -0.25) is 4.57 Å². The first-order valence-corrected chi connectivity index (χ1v) is 4.60. The third kappa shape index (κ3) is 3.10. The summed E-state index contributed by atoms with van der Waals surface area (Å²) in [5.74, 6) is 0. The number of rotatable bonds is 2. The first kappa shape index (κ1) is 7.48. The summed E-state index contributed by atoms with van der Waals surface area (Å²) in [4.78, 5) is 0. The van der Waals surface area contributed by atoms with Gasteiger partial charge >= 0.3 is 0 Å². The Morgan fingerprint density at radius 3 is 2.29 bits per heavy atom. The van der Waals surface area contributed by atoms with Crippen molar-refractivity contribution in [2.24, 2.45) is 0 Å². The van der Waals surface area contributed by atoms with Gasteiger partial charge in [-0.1, -0.05) is 0 Å². The van der Waals surface area contributed by atoms with E-state index in [0.717, 1.165) is 0 Å². The minimum Gasteiger partial charge on any atom is -0.331 e. The second-order valence-electron chi connectivity index (χ2n) is 1.32. The third-order valence-electron chi connectivity index (χ3n) is 0.603. The summed E-state index contributed by atoms with van der Waals surface area (Å²) in [6.45, 7) is 1.50. The lowest BCUT2D eigenvalue weighted by molar-refractivity contribution is 0.403. The van der Waals surface area contributed by atoms with Crippen molar-refractivity contribution in [2.75, 3.05) is 19.4 Å². The van der Waals surface area contributed by atoms with Gasteiger partial charge in [0.05, 0.1) is 5.62 Å². The minimum absolute atomic E-state index is 0.101. The Kier molecular flexibility index (Phi) is 2.89. The summed E-state index contributed by atoms with van der Waals surface area (Å²) >= 11 is 5.21. The molecule has 1 atom stereocenters. The maximum Gasteiger partial charge on any atom is 0.214 e. The van der Waals surface area contributed by atoms with Crippen LogP contribution < -0.4 is 0 Å². The zero-order valence-electron chi connectivity index (χ0n) is 4.35. The van der Waals surface area contributed by atoms with Gasteiger partial charge < -0.3 is 4.52 Å². The molecular weight excluding hydrogens is 134 g/mol. The number of alkyl halides is 1. The summed E-state index contributed by atoms with van der Waals surface area (Å²) in [7, 11) is -0.997. The van der Waals surface area contributed by atoms with Gasteiger partial charge in [-0.15, -0.1) is 11.6 Å². The van der Waals surface area contributed by atoms with Crippen molar-refractivity contribution in [3.05, 3.63) is 0 Å². The van der Waals surface area contributed by atoms with Crippen LogP contribution in [-0.2, 0) is 9.09 Å². The van der Waals surface area contributed by atoms with Crippen LogP contribution in [0, 0.1) is 0 Å². The van der Waals surface area contributed by atoms with E-state index in [1.807, 2.05) is 0 Å². The van der Waals surface area contributed by atoms with Crippen molar-refractivity contribution in [3.8, 4) is 0 Å². The van der Waals surface area contributed by atoms with E-state index in [0.29, 0.717) is 0 Å². The van der Waals surface area contributed by atoms with Crippen LogP contribution in [0.15, 0.2) is 0 Å². The molecule has 0 aliphatic rings. The smallest absolute Gasteiger partial charge is 0.214 e. The zero-order valence-corrected chi connectivity index (χ0v) is 6.00. The van der Waals surface area contributed by atoms with Gasteiger partial charge in [0.25, 0.3) is 0 Å². The normalized spacial score (nSPS) is 18.7. The van der Waals surface area contributed by atoms with Crippen molar-refractivity contribution in [1.29, 1.82) is 0 Å². The number of hydrogen-bond donors (Lipinski definition) is 0. The highest BCUT2D eigenvalue weighted by Crippen LogP contribution is 2.41. The van der Waals surface area contributed by atoms with Crippen LogP contribution in [-0.4, -0.2) is 19.4 Å². The third-order valence-corrected chi connectivity index (χ3v) is 3.11. The molecule has 44 valence electrons. The van der Waals surface area contributed by atoms with Crippen LogP contribution in [0.1, 0.15) is 0 Å². The molecule has 0 saturated carbocycles. The van der Waals surface area contributed by atoms with Crippen LogP contribution >= 0.6 is 19.0 Å². The van der Waals surface area contributed by atoms with Gasteiger partial charge in [0.15, 0.2) is 0 Å². The molecule has 0 aliphatic carbocycles. The maximum absolute atomic E-state index is 10.6. The predicted molar refractivity (Wildman–Crippen MR) is 31.3 cm³/mol. The molecule has 0 N–H and O–H groups in total. The van der Waals surface area contributed by atoms with Crippen molar-refractivity contribution < 1.29 is 9.09 Å². The predicted octanol–water partition coefficient (Wildman–Crippen LogP) is 1.74. The standard InChI is InChI=1S/C3H8ClO2P/c1-6-7(2,5)3-4/h3H2,1-2H3. The van der Waals surface area contributed by atoms with Gasteiger partial charge in [0.2, 0.25) is 7.37 Å².